The normalized spacial score (nSPS) is 12.4. The minimum absolute atomic E-state index is 0.0128. The van der Waals surface area contributed by atoms with Crippen LogP contribution in [0.2, 0.25) is 0 Å². The SMILES string of the molecule is CC(=O)Nc1ccc(S(=O)(=O)N(C)CC(=O)NC(c2ccccc2)c2cc3ccccc3o2)cc1. The zero-order valence-corrected chi connectivity index (χ0v) is 20.1. The highest BCUT2D eigenvalue weighted by atomic mass is 32.2. The van der Waals surface area contributed by atoms with E-state index in [1.165, 1.54) is 38.2 Å². The highest BCUT2D eigenvalue weighted by molar-refractivity contribution is 7.89. The van der Waals surface area contributed by atoms with E-state index in [-0.39, 0.29) is 17.3 Å². The van der Waals surface area contributed by atoms with E-state index in [0.29, 0.717) is 17.0 Å². The Balaban J connectivity index is 1.52. The van der Waals surface area contributed by atoms with Gasteiger partial charge in [-0.2, -0.15) is 4.31 Å². The van der Waals surface area contributed by atoms with E-state index in [4.69, 9.17) is 4.42 Å². The van der Waals surface area contributed by atoms with Crippen LogP contribution in [0, 0.1) is 0 Å². The summed E-state index contributed by atoms with van der Waals surface area (Å²) in [5.74, 6) is -0.197. The number of fused-ring (bicyclic) bond motifs is 1. The summed E-state index contributed by atoms with van der Waals surface area (Å²) in [5, 5.41) is 6.40. The molecule has 3 aromatic carbocycles. The number of sulfonamides is 1. The number of furan rings is 1. The van der Waals surface area contributed by atoms with Crippen LogP contribution in [0.1, 0.15) is 24.3 Å². The third-order valence-electron chi connectivity index (χ3n) is 5.42. The molecule has 0 aliphatic heterocycles. The molecule has 0 radical (unpaired) electrons. The van der Waals surface area contributed by atoms with Crippen LogP contribution >= 0.6 is 0 Å². The summed E-state index contributed by atoms with van der Waals surface area (Å²) >= 11 is 0. The van der Waals surface area contributed by atoms with Crippen LogP contribution in [-0.4, -0.2) is 38.1 Å². The summed E-state index contributed by atoms with van der Waals surface area (Å²) in [4.78, 5) is 24.2. The Labute approximate surface area is 203 Å². The van der Waals surface area contributed by atoms with Gasteiger partial charge in [0.25, 0.3) is 0 Å². The second kappa shape index (κ2) is 10.1. The van der Waals surface area contributed by atoms with Gasteiger partial charge >= 0.3 is 0 Å². The van der Waals surface area contributed by atoms with E-state index in [1.54, 1.807) is 0 Å². The molecule has 2 amide bonds. The van der Waals surface area contributed by atoms with Crippen molar-refractivity contribution >= 4 is 38.5 Å². The zero-order valence-electron chi connectivity index (χ0n) is 19.3. The molecule has 0 saturated heterocycles. The Hall–Kier alpha value is -3.95. The molecule has 8 nitrogen and oxygen atoms in total. The molecule has 9 heteroatoms. The number of hydrogen-bond acceptors (Lipinski definition) is 5. The van der Waals surface area contributed by atoms with Gasteiger partial charge in [-0.25, -0.2) is 8.42 Å². The molecular weight excluding hydrogens is 466 g/mol. The van der Waals surface area contributed by atoms with Crippen molar-refractivity contribution in [1.29, 1.82) is 0 Å². The Kier molecular flexibility index (Phi) is 6.99. The lowest BCUT2D eigenvalue weighted by molar-refractivity contribution is -0.121. The number of carbonyl (C=O) groups excluding carboxylic acids is 2. The summed E-state index contributed by atoms with van der Waals surface area (Å²) in [6, 6.07) is 23.9. The van der Waals surface area contributed by atoms with Gasteiger partial charge in [-0.1, -0.05) is 48.5 Å². The van der Waals surface area contributed by atoms with E-state index < -0.39 is 22.0 Å². The molecule has 1 heterocycles. The average Bonchev–Trinajstić information content (AvgIpc) is 3.27. The van der Waals surface area contributed by atoms with Crippen molar-refractivity contribution in [1.82, 2.24) is 9.62 Å². The van der Waals surface area contributed by atoms with Gasteiger partial charge in [-0.05, 0) is 42.0 Å². The molecule has 1 unspecified atom stereocenters. The van der Waals surface area contributed by atoms with Gasteiger partial charge in [0.05, 0.1) is 11.4 Å². The molecule has 4 rings (SSSR count). The van der Waals surface area contributed by atoms with E-state index in [0.717, 1.165) is 15.3 Å². The Morgan fingerprint density at radius 2 is 1.60 bits per heavy atom. The van der Waals surface area contributed by atoms with Crippen LogP contribution in [0.3, 0.4) is 0 Å². The summed E-state index contributed by atoms with van der Waals surface area (Å²) < 4.78 is 32.9. The highest BCUT2D eigenvalue weighted by Crippen LogP contribution is 2.28. The van der Waals surface area contributed by atoms with Crippen molar-refractivity contribution in [2.24, 2.45) is 0 Å². The average molecular weight is 492 g/mol. The first-order valence-corrected chi connectivity index (χ1v) is 12.3. The quantitative estimate of drug-likeness (QED) is 0.388. The van der Waals surface area contributed by atoms with Gasteiger partial charge in [0.15, 0.2) is 0 Å². The molecule has 0 aliphatic carbocycles. The first-order chi connectivity index (χ1) is 16.7. The second-order valence-electron chi connectivity index (χ2n) is 8.06. The van der Waals surface area contributed by atoms with Crippen LogP contribution in [-0.2, 0) is 19.6 Å². The minimum Gasteiger partial charge on any atom is -0.459 e. The number of benzene rings is 3. The second-order valence-corrected chi connectivity index (χ2v) is 10.1. The number of nitrogens with zero attached hydrogens (tertiary/aromatic N) is 1. The maximum atomic E-state index is 13.0. The summed E-state index contributed by atoms with van der Waals surface area (Å²) in [7, 11) is -2.59. The number of hydrogen-bond donors (Lipinski definition) is 2. The fourth-order valence-electron chi connectivity index (χ4n) is 3.70. The van der Waals surface area contributed by atoms with Gasteiger partial charge in [0.2, 0.25) is 21.8 Å². The monoisotopic (exact) mass is 491 g/mol. The van der Waals surface area contributed by atoms with Gasteiger partial charge in [-0.3, -0.25) is 9.59 Å². The number of likely N-dealkylation sites (N-methyl/N-ethyl adjacent to an activating group) is 1. The van der Waals surface area contributed by atoms with Crippen molar-refractivity contribution < 1.29 is 22.4 Å². The molecule has 0 saturated carbocycles. The first kappa shape index (κ1) is 24.2. The number of rotatable bonds is 8. The lowest BCUT2D eigenvalue weighted by Gasteiger charge is -2.21. The van der Waals surface area contributed by atoms with Crippen molar-refractivity contribution in [2.75, 3.05) is 18.9 Å². The van der Waals surface area contributed by atoms with E-state index in [1.807, 2.05) is 60.7 Å². The summed E-state index contributed by atoms with van der Waals surface area (Å²) in [5.41, 5.74) is 1.98. The molecular formula is C26H25N3O5S. The molecule has 4 aromatic rings. The summed E-state index contributed by atoms with van der Waals surface area (Å²) in [6.07, 6.45) is 0. The Bertz CT molecular complexity index is 1410. The molecule has 0 bridgehead atoms. The predicted octanol–water partition coefficient (Wildman–Crippen LogP) is 3.92. The van der Waals surface area contributed by atoms with Crippen LogP contribution in [0.15, 0.2) is 94.2 Å². The molecule has 2 N–H and O–H groups in total. The summed E-state index contributed by atoms with van der Waals surface area (Å²) in [6.45, 7) is 0.977. The van der Waals surface area contributed by atoms with Gasteiger partial charge in [0.1, 0.15) is 17.4 Å². The minimum atomic E-state index is -3.93. The maximum absolute atomic E-state index is 13.0. The number of nitrogens with one attached hydrogen (secondary N) is 2. The molecule has 1 atom stereocenters. The zero-order chi connectivity index (χ0) is 25.0. The van der Waals surface area contributed by atoms with Crippen LogP contribution in [0.4, 0.5) is 5.69 Å². The van der Waals surface area contributed by atoms with E-state index in [9.17, 15) is 18.0 Å². The number of amides is 2. The molecule has 180 valence electrons. The number of carbonyl (C=O) groups is 2. The largest absolute Gasteiger partial charge is 0.459 e. The van der Waals surface area contributed by atoms with Crippen molar-refractivity contribution in [2.45, 2.75) is 17.9 Å². The Morgan fingerprint density at radius 3 is 2.26 bits per heavy atom. The van der Waals surface area contributed by atoms with E-state index in [2.05, 4.69) is 10.6 Å². The van der Waals surface area contributed by atoms with Crippen LogP contribution < -0.4 is 10.6 Å². The van der Waals surface area contributed by atoms with Gasteiger partial charge in [-0.15, -0.1) is 0 Å². The third kappa shape index (κ3) is 5.59. The van der Waals surface area contributed by atoms with Crippen LogP contribution in [0.5, 0.6) is 0 Å². The van der Waals surface area contributed by atoms with Crippen molar-refractivity contribution in [3.8, 4) is 0 Å². The smallest absolute Gasteiger partial charge is 0.243 e. The van der Waals surface area contributed by atoms with E-state index >= 15 is 0 Å². The van der Waals surface area contributed by atoms with Crippen molar-refractivity contribution in [3.05, 3.63) is 96.3 Å². The van der Waals surface area contributed by atoms with Crippen molar-refractivity contribution in [3.63, 3.8) is 0 Å². The fourth-order valence-corrected chi connectivity index (χ4v) is 4.82. The molecule has 35 heavy (non-hydrogen) atoms. The lowest BCUT2D eigenvalue weighted by atomic mass is 10.0. The van der Waals surface area contributed by atoms with Gasteiger partial charge < -0.3 is 15.1 Å². The highest BCUT2D eigenvalue weighted by Gasteiger charge is 2.26. The predicted molar refractivity (Wildman–Crippen MR) is 133 cm³/mol. The standard InChI is InChI=1S/C26H25N3O5S/c1-18(30)27-21-12-14-22(15-13-21)35(32,33)29(2)17-25(31)28-26(19-8-4-3-5-9-19)24-16-20-10-6-7-11-23(20)34-24/h3-16,26H,17H2,1-2H3,(H,27,30)(H,28,31). The topological polar surface area (TPSA) is 109 Å². The Morgan fingerprint density at radius 1 is 0.943 bits per heavy atom. The lowest BCUT2D eigenvalue weighted by Crippen LogP contribution is -2.40. The molecule has 0 fully saturated rings. The van der Waals surface area contributed by atoms with Gasteiger partial charge in [0, 0.05) is 25.0 Å². The maximum Gasteiger partial charge on any atom is 0.243 e. The third-order valence-corrected chi connectivity index (χ3v) is 7.23. The number of para-hydroxylation sites is 1. The molecule has 1 aromatic heterocycles. The van der Waals surface area contributed by atoms with Crippen LogP contribution in [0.25, 0.3) is 11.0 Å². The molecule has 0 spiro atoms. The first-order valence-electron chi connectivity index (χ1n) is 10.9. The molecule has 0 aliphatic rings. The fraction of sp³-hybridized carbons (Fsp3) is 0.154. The number of anilines is 1.